The summed E-state index contributed by atoms with van der Waals surface area (Å²) in [5, 5.41) is 6.25. The number of carbonyl (C=O) groups excluding carboxylic acids is 1. The highest BCUT2D eigenvalue weighted by Crippen LogP contribution is 2.23. The van der Waals surface area contributed by atoms with Crippen molar-refractivity contribution in [3.05, 3.63) is 0 Å². The average Bonchev–Trinajstić information content (AvgIpc) is 2.68. The summed E-state index contributed by atoms with van der Waals surface area (Å²) in [7, 11) is 0. The summed E-state index contributed by atoms with van der Waals surface area (Å²) in [5.74, 6) is 0. The lowest BCUT2D eigenvalue weighted by Gasteiger charge is -2.32. The highest BCUT2D eigenvalue weighted by Gasteiger charge is 2.29. The van der Waals surface area contributed by atoms with Gasteiger partial charge in [-0.3, -0.25) is 9.69 Å². The number of rotatable bonds is 3. The number of amides is 1. The summed E-state index contributed by atoms with van der Waals surface area (Å²) in [6.45, 7) is 4.56. The van der Waals surface area contributed by atoms with Gasteiger partial charge in [0.05, 0.1) is 0 Å². The molecule has 1 saturated heterocycles. The SMILES string of the molecule is O=CNC1CCC(N2CCNCC2)C1. The summed E-state index contributed by atoms with van der Waals surface area (Å²) >= 11 is 0. The van der Waals surface area contributed by atoms with Crippen LogP contribution in [-0.4, -0.2) is 49.6 Å². The summed E-state index contributed by atoms with van der Waals surface area (Å²) < 4.78 is 0. The third kappa shape index (κ3) is 2.25. The molecule has 2 aliphatic rings. The molecule has 4 heteroatoms. The van der Waals surface area contributed by atoms with Crippen molar-refractivity contribution in [3.63, 3.8) is 0 Å². The van der Waals surface area contributed by atoms with Gasteiger partial charge in [-0.25, -0.2) is 0 Å². The van der Waals surface area contributed by atoms with Gasteiger partial charge in [-0.2, -0.15) is 0 Å². The van der Waals surface area contributed by atoms with Crippen molar-refractivity contribution in [2.45, 2.75) is 31.3 Å². The predicted octanol–water partition coefficient (Wildman–Crippen LogP) is -0.441. The molecular formula is C10H19N3O. The number of nitrogens with one attached hydrogen (secondary N) is 2. The molecule has 2 unspecified atom stereocenters. The van der Waals surface area contributed by atoms with Crippen LogP contribution in [0.25, 0.3) is 0 Å². The first kappa shape index (κ1) is 9.93. The van der Waals surface area contributed by atoms with Crippen molar-refractivity contribution in [2.24, 2.45) is 0 Å². The zero-order valence-electron chi connectivity index (χ0n) is 8.54. The van der Waals surface area contributed by atoms with E-state index >= 15 is 0 Å². The molecule has 1 aliphatic carbocycles. The van der Waals surface area contributed by atoms with Crippen molar-refractivity contribution in [1.82, 2.24) is 15.5 Å². The van der Waals surface area contributed by atoms with Crippen LogP contribution in [-0.2, 0) is 4.79 Å². The number of carbonyl (C=O) groups is 1. The van der Waals surface area contributed by atoms with Crippen molar-refractivity contribution in [3.8, 4) is 0 Å². The fourth-order valence-corrected chi connectivity index (χ4v) is 2.58. The third-order valence-corrected chi connectivity index (χ3v) is 3.38. The molecule has 0 bridgehead atoms. The Bertz CT molecular complexity index is 192. The minimum atomic E-state index is 0.424. The third-order valence-electron chi connectivity index (χ3n) is 3.38. The molecule has 0 radical (unpaired) electrons. The lowest BCUT2D eigenvalue weighted by atomic mass is 10.2. The Hall–Kier alpha value is -0.610. The lowest BCUT2D eigenvalue weighted by Crippen LogP contribution is -2.48. The molecular weight excluding hydrogens is 178 g/mol. The Morgan fingerprint density at radius 2 is 2.07 bits per heavy atom. The fraction of sp³-hybridized carbons (Fsp3) is 0.900. The Labute approximate surface area is 85.0 Å². The van der Waals surface area contributed by atoms with Crippen LogP contribution in [0.3, 0.4) is 0 Å². The van der Waals surface area contributed by atoms with E-state index in [1.54, 1.807) is 0 Å². The van der Waals surface area contributed by atoms with Crippen LogP contribution in [0.15, 0.2) is 0 Å². The Morgan fingerprint density at radius 3 is 2.79 bits per heavy atom. The molecule has 0 aromatic rings. The molecule has 1 heterocycles. The van der Waals surface area contributed by atoms with Gasteiger partial charge < -0.3 is 10.6 Å². The first-order valence-electron chi connectivity index (χ1n) is 5.54. The number of hydrogen-bond acceptors (Lipinski definition) is 3. The fourth-order valence-electron chi connectivity index (χ4n) is 2.58. The molecule has 1 aliphatic heterocycles. The molecule has 0 spiro atoms. The zero-order valence-corrected chi connectivity index (χ0v) is 8.54. The maximum Gasteiger partial charge on any atom is 0.207 e. The summed E-state index contributed by atoms with van der Waals surface area (Å²) in [6, 6.07) is 1.13. The van der Waals surface area contributed by atoms with Gasteiger partial charge in [-0.15, -0.1) is 0 Å². The zero-order chi connectivity index (χ0) is 9.80. The largest absolute Gasteiger partial charge is 0.356 e. The molecule has 1 saturated carbocycles. The Morgan fingerprint density at radius 1 is 1.29 bits per heavy atom. The second-order valence-corrected chi connectivity index (χ2v) is 4.23. The normalized spacial score (nSPS) is 34.3. The highest BCUT2D eigenvalue weighted by atomic mass is 16.1. The van der Waals surface area contributed by atoms with Crippen LogP contribution in [0.5, 0.6) is 0 Å². The quantitative estimate of drug-likeness (QED) is 0.603. The summed E-state index contributed by atoms with van der Waals surface area (Å²) in [4.78, 5) is 12.9. The molecule has 4 nitrogen and oxygen atoms in total. The van der Waals surface area contributed by atoms with Gasteiger partial charge in [0.25, 0.3) is 0 Å². The number of piperazine rings is 1. The van der Waals surface area contributed by atoms with E-state index in [1.807, 2.05) is 0 Å². The predicted molar refractivity (Wildman–Crippen MR) is 55.1 cm³/mol. The van der Waals surface area contributed by atoms with E-state index in [0.29, 0.717) is 12.1 Å². The van der Waals surface area contributed by atoms with Crippen LogP contribution in [0.1, 0.15) is 19.3 Å². The molecule has 14 heavy (non-hydrogen) atoms. The molecule has 2 N–H and O–H groups in total. The van der Waals surface area contributed by atoms with E-state index in [-0.39, 0.29) is 0 Å². The molecule has 0 aromatic carbocycles. The first-order chi connectivity index (χ1) is 6.90. The van der Waals surface area contributed by atoms with Crippen molar-refractivity contribution in [2.75, 3.05) is 26.2 Å². The maximum absolute atomic E-state index is 10.3. The average molecular weight is 197 g/mol. The van der Waals surface area contributed by atoms with Crippen LogP contribution >= 0.6 is 0 Å². The van der Waals surface area contributed by atoms with Gasteiger partial charge in [0.15, 0.2) is 0 Å². The van der Waals surface area contributed by atoms with Gasteiger partial charge in [0, 0.05) is 38.3 Å². The van der Waals surface area contributed by atoms with Crippen LogP contribution in [0, 0.1) is 0 Å². The lowest BCUT2D eigenvalue weighted by molar-refractivity contribution is -0.110. The second-order valence-electron chi connectivity index (χ2n) is 4.23. The van der Waals surface area contributed by atoms with E-state index in [2.05, 4.69) is 15.5 Å². The molecule has 1 amide bonds. The van der Waals surface area contributed by atoms with Gasteiger partial charge >= 0.3 is 0 Å². The molecule has 2 fully saturated rings. The van der Waals surface area contributed by atoms with E-state index in [9.17, 15) is 4.79 Å². The molecule has 80 valence electrons. The van der Waals surface area contributed by atoms with E-state index in [4.69, 9.17) is 0 Å². The maximum atomic E-state index is 10.3. The highest BCUT2D eigenvalue weighted by molar-refractivity contribution is 5.46. The summed E-state index contributed by atoms with van der Waals surface area (Å²) in [6.07, 6.45) is 4.36. The molecule has 0 aromatic heterocycles. The first-order valence-corrected chi connectivity index (χ1v) is 5.54. The minimum Gasteiger partial charge on any atom is -0.356 e. The molecule has 2 rings (SSSR count). The topological polar surface area (TPSA) is 44.4 Å². The van der Waals surface area contributed by atoms with Crippen LogP contribution in [0.2, 0.25) is 0 Å². The van der Waals surface area contributed by atoms with Gasteiger partial charge in [0.2, 0.25) is 6.41 Å². The van der Waals surface area contributed by atoms with Crippen LogP contribution < -0.4 is 10.6 Å². The van der Waals surface area contributed by atoms with E-state index < -0.39 is 0 Å². The standard InChI is InChI=1S/C10H19N3O/c14-8-12-9-1-2-10(7-9)13-5-3-11-4-6-13/h8-11H,1-7H2,(H,12,14). The van der Waals surface area contributed by atoms with Crippen molar-refractivity contribution < 1.29 is 4.79 Å². The summed E-state index contributed by atoms with van der Waals surface area (Å²) in [5.41, 5.74) is 0. The molecule has 2 atom stereocenters. The van der Waals surface area contributed by atoms with Gasteiger partial charge in [0.1, 0.15) is 0 Å². The van der Waals surface area contributed by atoms with Crippen molar-refractivity contribution in [1.29, 1.82) is 0 Å². The number of nitrogens with zero attached hydrogens (tertiary/aromatic N) is 1. The second kappa shape index (κ2) is 4.75. The number of hydrogen-bond donors (Lipinski definition) is 2. The smallest absolute Gasteiger partial charge is 0.207 e. The monoisotopic (exact) mass is 197 g/mol. The van der Waals surface area contributed by atoms with Crippen LogP contribution in [0.4, 0.5) is 0 Å². The Balaban J connectivity index is 1.78. The Kier molecular flexibility index (Phi) is 3.37. The van der Waals surface area contributed by atoms with E-state index in [0.717, 1.165) is 32.3 Å². The van der Waals surface area contributed by atoms with Gasteiger partial charge in [-0.05, 0) is 19.3 Å². The minimum absolute atomic E-state index is 0.424. The van der Waals surface area contributed by atoms with E-state index in [1.165, 1.54) is 19.5 Å². The van der Waals surface area contributed by atoms with Crippen molar-refractivity contribution >= 4 is 6.41 Å². The van der Waals surface area contributed by atoms with Gasteiger partial charge in [-0.1, -0.05) is 0 Å².